The van der Waals surface area contributed by atoms with E-state index in [4.69, 9.17) is 23.2 Å². The summed E-state index contributed by atoms with van der Waals surface area (Å²) in [6, 6.07) is 0.179. The Bertz CT molecular complexity index is 267. The van der Waals surface area contributed by atoms with Crippen molar-refractivity contribution in [2.75, 3.05) is 0 Å². The Labute approximate surface area is 102 Å². The van der Waals surface area contributed by atoms with Gasteiger partial charge < -0.3 is 5.32 Å². The third-order valence-corrected chi connectivity index (χ3v) is 5.08. The van der Waals surface area contributed by atoms with E-state index in [-0.39, 0.29) is 17.9 Å². The highest BCUT2D eigenvalue weighted by atomic mass is 35.5. The third kappa shape index (κ3) is 1.76. The van der Waals surface area contributed by atoms with Gasteiger partial charge in [0.15, 0.2) is 0 Å². The zero-order chi connectivity index (χ0) is 11.9. The van der Waals surface area contributed by atoms with Gasteiger partial charge in [-0.3, -0.25) is 4.79 Å². The predicted molar refractivity (Wildman–Crippen MR) is 64.2 cm³/mol. The zero-order valence-corrected chi connectivity index (χ0v) is 11.2. The molecule has 1 amide bonds. The second-order valence-electron chi connectivity index (χ2n) is 4.45. The van der Waals surface area contributed by atoms with E-state index in [2.05, 4.69) is 5.32 Å². The number of hydrogen-bond acceptors (Lipinski definition) is 1. The lowest BCUT2D eigenvalue weighted by Gasteiger charge is -2.19. The molecule has 1 fully saturated rings. The molecule has 88 valence electrons. The summed E-state index contributed by atoms with van der Waals surface area (Å²) in [7, 11) is 0. The Morgan fingerprint density at radius 3 is 2.20 bits per heavy atom. The Morgan fingerprint density at radius 1 is 1.47 bits per heavy atom. The van der Waals surface area contributed by atoms with Gasteiger partial charge in [-0.15, -0.1) is 23.2 Å². The number of alkyl halides is 2. The molecule has 0 saturated heterocycles. The van der Waals surface area contributed by atoms with Crippen LogP contribution in [0, 0.1) is 11.3 Å². The lowest BCUT2D eigenvalue weighted by molar-refractivity contribution is -0.127. The van der Waals surface area contributed by atoms with Gasteiger partial charge >= 0.3 is 0 Å². The van der Waals surface area contributed by atoms with Gasteiger partial charge in [-0.05, 0) is 19.8 Å². The van der Waals surface area contributed by atoms with Crippen LogP contribution in [-0.4, -0.2) is 16.3 Å². The number of carbonyl (C=O) groups is 1. The van der Waals surface area contributed by atoms with Crippen molar-refractivity contribution in [1.29, 1.82) is 0 Å². The van der Waals surface area contributed by atoms with Crippen molar-refractivity contribution < 1.29 is 4.79 Å². The first-order valence-electron chi connectivity index (χ1n) is 5.53. The van der Waals surface area contributed by atoms with E-state index in [1.165, 1.54) is 0 Å². The van der Waals surface area contributed by atoms with Gasteiger partial charge in [-0.2, -0.15) is 0 Å². The molecule has 1 aliphatic rings. The van der Waals surface area contributed by atoms with Gasteiger partial charge in [0.25, 0.3) is 0 Å². The van der Waals surface area contributed by atoms with Crippen LogP contribution in [-0.2, 0) is 4.79 Å². The molecule has 3 unspecified atom stereocenters. The fourth-order valence-electron chi connectivity index (χ4n) is 2.15. The molecule has 1 rings (SSSR count). The molecular weight excluding hydrogens is 233 g/mol. The minimum Gasteiger partial charge on any atom is -0.353 e. The number of nitrogens with one attached hydrogen (secondary N) is 1. The van der Waals surface area contributed by atoms with Crippen LogP contribution in [0.25, 0.3) is 0 Å². The number of hydrogen-bond donors (Lipinski definition) is 1. The molecule has 0 heterocycles. The summed E-state index contributed by atoms with van der Waals surface area (Å²) in [5, 5.41) is 2.96. The lowest BCUT2D eigenvalue weighted by Crippen LogP contribution is -2.40. The van der Waals surface area contributed by atoms with Crippen molar-refractivity contribution >= 4 is 29.1 Å². The normalized spacial score (nSPS) is 34.7. The fourth-order valence-corrected chi connectivity index (χ4v) is 3.17. The monoisotopic (exact) mass is 251 g/mol. The molecule has 1 N–H and O–H groups in total. The number of amides is 1. The number of rotatable bonds is 4. The highest BCUT2D eigenvalue weighted by molar-refractivity contribution is 6.53. The highest BCUT2D eigenvalue weighted by Crippen LogP contribution is 2.70. The van der Waals surface area contributed by atoms with Crippen LogP contribution in [0.3, 0.4) is 0 Å². The summed E-state index contributed by atoms with van der Waals surface area (Å²) in [5.41, 5.74) is -0.584. The molecule has 1 aliphatic carbocycles. The largest absolute Gasteiger partial charge is 0.353 e. The molecule has 15 heavy (non-hydrogen) atoms. The van der Waals surface area contributed by atoms with Crippen molar-refractivity contribution in [1.82, 2.24) is 5.32 Å². The van der Waals surface area contributed by atoms with E-state index in [0.29, 0.717) is 6.42 Å². The smallest absolute Gasteiger partial charge is 0.229 e. The first kappa shape index (κ1) is 13.1. The van der Waals surface area contributed by atoms with Crippen LogP contribution in [0.2, 0.25) is 0 Å². The van der Waals surface area contributed by atoms with Gasteiger partial charge in [0.2, 0.25) is 5.91 Å². The van der Waals surface area contributed by atoms with Crippen LogP contribution in [0.1, 0.15) is 40.5 Å². The quantitative estimate of drug-likeness (QED) is 0.765. The van der Waals surface area contributed by atoms with E-state index in [1.54, 1.807) is 0 Å². The predicted octanol–water partition coefficient (Wildman–Crippen LogP) is 3.12. The van der Waals surface area contributed by atoms with Crippen molar-refractivity contribution in [3.05, 3.63) is 0 Å². The van der Waals surface area contributed by atoms with Crippen molar-refractivity contribution in [2.45, 2.75) is 50.9 Å². The van der Waals surface area contributed by atoms with Gasteiger partial charge in [0.05, 0.1) is 5.41 Å². The van der Waals surface area contributed by atoms with E-state index in [1.807, 2.05) is 27.7 Å². The molecular formula is C11H19Cl2NO. The minimum atomic E-state index is -0.890. The molecule has 1 saturated carbocycles. The average molecular weight is 252 g/mol. The summed E-state index contributed by atoms with van der Waals surface area (Å²) in [5.74, 6) is 0.0271. The fraction of sp³-hybridized carbons (Fsp3) is 0.909. The van der Waals surface area contributed by atoms with E-state index < -0.39 is 9.75 Å². The van der Waals surface area contributed by atoms with Crippen LogP contribution >= 0.6 is 23.2 Å². The molecule has 3 atom stereocenters. The maximum absolute atomic E-state index is 12.1. The number of carbonyl (C=O) groups excluding carboxylic acids is 1. The Morgan fingerprint density at radius 2 is 1.93 bits per heavy atom. The van der Waals surface area contributed by atoms with Crippen LogP contribution in [0.4, 0.5) is 0 Å². The summed E-state index contributed by atoms with van der Waals surface area (Å²) >= 11 is 12.3. The second kappa shape index (κ2) is 4.14. The van der Waals surface area contributed by atoms with Gasteiger partial charge in [0.1, 0.15) is 4.33 Å². The zero-order valence-electron chi connectivity index (χ0n) is 9.73. The first-order chi connectivity index (χ1) is 6.84. The molecule has 0 aliphatic heterocycles. The van der Waals surface area contributed by atoms with Crippen LogP contribution in [0.15, 0.2) is 0 Å². The van der Waals surface area contributed by atoms with Crippen molar-refractivity contribution in [3.8, 4) is 0 Å². The average Bonchev–Trinajstić information content (AvgIpc) is 2.62. The molecule has 0 aromatic carbocycles. The summed E-state index contributed by atoms with van der Waals surface area (Å²) < 4.78 is -0.890. The maximum Gasteiger partial charge on any atom is 0.229 e. The molecule has 4 heteroatoms. The van der Waals surface area contributed by atoms with E-state index in [9.17, 15) is 4.79 Å². The van der Waals surface area contributed by atoms with E-state index >= 15 is 0 Å². The van der Waals surface area contributed by atoms with Gasteiger partial charge in [-0.1, -0.05) is 20.8 Å². The second-order valence-corrected chi connectivity index (χ2v) is 5.84. The molecule has 2 nitrogen and oxygen atoms in total. The summed E-state index contributed by atoms with van der Waals surface area (Å²) in [4.78, 5) is 12.1. The molecule has 0 spiro atoms. The maximum atomic E-state index is 12.1. The molecule has 0 bridgehead atoms. The molecule has 0 aromatic rings. The Hall–Kier alpha value is 0.0500. The highest BCUT2D eigenvalue weighted by Gasteiger charge is 2.76. The third-order valence-electron chi connectivity index (χ3n) is 3.75. The van der Waals surface area contributed by atoms with Crippen LogP contribution < -0.4 is 5.32 Å². The molecule has 0 radical (unpaired) electrons. The van der Waals surface area contributed by atoms with Crippen molar-refractivity contribution in [3.63, 3.8) is 0 Å². The summed E-state index contributed by atoms with van der Waals surface area (Å²) in [6.45, 7) is 7.91. The van der Waals surface area contributed by atoms with Crippen molar-refractivity contribution in [2.24, 2.45) is 11.3 Å². The SMILES string of the molecule is CCC(C)NC(=O)C1(CC)C(C)C1(Cl)Cl. The molecule has 0 aromatic heterocycles. The van der Waals surface area contributed by atoms with Gasteiger partial charge in [0, 0.05) is 12.0 Å². The Kier molecular flexibility index (Phi) is 3.62. The summed E-state index contributed by atoms with van der Waals surface area (Å²) in [6.07, 6.45) is 1.60. The number of halogens is 2. The Balaban J connectivity index is 2.75. The van der Waals surface area contributed by atoms with Crippen LogP contribution in [0.5, 0.6) is 0 Å². The first-order valence-corrected chi connectivity index (χ1v) is 6.28. The minimum absolute atomic E-state index is 0.00292. The van der Waals surface area contributed by atoms with E-state index in [0.717, 1.165) is 6.42 Å². The standard InChI is InChI=1S/C11H19Cl2NO/c1-5-7(3)14-9(15)10(6-2)8(4)11(10,12)13/h7-8H,5-6H2,1-4H3,(H,14,15). The lowest BCUT2D eigenvalue weighted by atomic mass is 9.99. The topological polar surface area (TPSA) is 29.1 Å². The van der Waals surface area contributed by atoms with Gasteiger partial charge in [-0.25, -0.2) is 0 Å².